The van der Waals surface area contributed by atoms with E-state index in [-0.39, 0.29) is 4.90 Å². The molecule has 24 heavy (non-hydrogen) atoms. The van der Waals surface area contributed by atoms with Crippen molar-refractivity contribution in [2.45, 2.75) is 57.0 Å². The first kappa shape index (κ1) is 18.7. The smallest absolute Gasteiger partial charge is 0.238 e. The van der Waals surface area contributed by atoms with Crippen LogP contribution in [-0.2, 0) is 16.6 Å². The lowest BCUT2D eigenvalue weighted by atomic mass is 9.87. The van der Waals surface area contributed by atoms with Gasteiger partial charge < -0.3 is 10.6 Å². The molecule has 0 radical (unpaired) electrons. The lowest BCUT2D eigenvalue weighted by molar-refractivity contribution is 0.329. The highest BCUT2D eigenvalue weighted by molar-refractivity contribution is 7.89. The maximum Gasteiger partial charge on any atom is 0.238 e. The monoisotopic (exact) mass is 352 g/mol. The highest BCUT2D eigenvalue weighted by Crippen LogP contribution is 2.23. The summed E-state index contributed by atoms with van der Waals surface area (Å²) in [6.07, 6.45) is 4.81. The number of guanidine groups is 1. The predicted molar refractivity (Wildman–Crippen MR) is 97.2 cm³/mol. The van der Waals surface area contributed by atoms with Crippen molar-refractivity contribution in [3.05, 3.63) is 29.8 Å². The zero-order valence-electron chi connectivity index (χ0n) is 14.5. The molecule has 1 aliphatic rings. The number of nitrogens with one attached hydrogen (secondary N) is 2. The van der Waals surface area contributed by atoms with Crippen LogP contribution in [0, 0.1) is 5.92 Å². The Bertz CT molecular complexity index is 665. The van der Waals surface area contributed by atoms with Gasteiger partial charge in [-0.25, -0.2) is 18.5 Å². The van der Waals surface area contributed by atoms with E-state index < -0.39 is 10.0 Å². The second-order valence-corrected chi connectivity index (χ2v) is 8.05. The molecule has 2 rings (SSSR count). The molecule has 1 saturated carbocycles. The summed E-state index contributed by atoms with van der Waals surface area (Å²) in [5.74, 6) is 1.58. The largest absolute Gasteiger partial charge is 0.357 e. The number of sulfonamides is 1. The van der Waals surface area contributed by atoms with Gasteiger partial charge in [-0.15, -0.1) is 0 Å². The van der Waals surface area contributed by atoms with E-state index >= 15 is 0 Å². The lowest BCUT2D eigenvalue weighted by Crippen LogP contribution is -2.44. The van der Waals surface area contributed by atoms with Crippen LogP contribution in [0.1, 0.15) is 45.1 Å². The highest BCUT2D eigenvalue weighted by atomic mass is 32.2. The first-order valence-electron chi connectivity index (χ1n) is 8.55. The van der Waals surface area contributed by atoms with Crippen LogP contribution in [0.3, 0.4) is 0 Å². The van der Waals surface area contributed by atoms with E-state index in [1.54, 1.807) is 12.1 Å². The average Bonchev–Trinajstić information content (AvgIpc) is 2.54. The SMILES string of the molecule is CCNC(=NCc1cccc(S(N)(=O)=O)c1)NC1CCC(C)CC1. The van der Waals surface area contributed by atoms with Crippen LogP contribution in [0.5, 0.6) is 0 Å². The number of nitrogens with zero attached hydrogens (tertiary/aromatic N) is 1. The summed E-state index contributed by atoms with van der Waals surface area (Å²) in [5.41, 5.74) is 0.816. The van der Waals surface area contributed by atoms with Crippen molar-refractivity contribution >= 4 is 16.0 Å². The second-order valence-electron chi connectivity index (χ2n) is 6.49. The summed E-state index contributed by atoms with van der Waals surface area (Å²) in [6.45, 7) is 5.52. The van der Waals surface area contributed by atoms with Gasteiger partial charge in [0.05, 0.1) is 11.4 Å². The van der Waals surface area contributed by atoms with Gasteiger partial charge in [0.1, 0.15) is 0 Å². The molecular weight excluding hydrogens is 324 g/mol. The molecule has 134 valence electrons. The molecule has 0 atom stereocenters. The topological polar surface area (TPSA) is 96.6 Å². The molecule has 0 amide bonds. The van der Waals surface area contributed by atoms with Crippen LogP contribution in [0.15, 0.2) is 34.2 Å². The first-order chi connectivity index (χ1) is 11.4. The molecule has 1 aliphatic carbocycles. The molecule has 7 heteroatoms. The van der Waals surface area contributed by atoms with Crippen LogP contribution in [-0.4, -0.2) is 27.0 Å². The molecule has 0 spiro atoms. The van der Waals surface area contributed by atoms with Crippen molar-refractivity contribution < 1.29 is 8.42 Å². The molecule has 0 aliphatic heterocycles. The molecule has 0 aromatic heterocycles. The van der Waals surface area contributed by atoms with E-state index in [0.29, 0.717) is 12.6 Å². The number of primary sulfonamides is 1. The van der Waals surface area contributed by atoms with Gasteiger partial charge in [-0.3, -0.25) is 0 Å². The zero-order valence-corrected chi connectivity index (χ0v) is 15.3. The standard InChI is InChI=1S/C17H28N4O2S/c1-3-19-17(21-15-9-7-13(2)8-10-15)20-12-14-5-4-6-16(11-14)24(18,22)23/h4-6,11,13,15H,3,7-10,12H2,1-2H3,(H2,18,22,23)(H2,19,20,21). The van der Waals surface area contributed by atoms with E-state index in [1.165, 1.54) is 18.9 Å². The molecule has 4 N–H and O–H groups in total. The van der Waals surface area contributed by atoms with Gasteiger partial charge in [-0.2, -0.15) is 0 Å². The highest BCUT2D eigenvalue weighted by Gasteiger charge is 2.18. The van der Waals surface area contributed by atoms with Crippen molar-refractivity contribution in [2.75, 3.05) is 6.54 Å². The minimum Gasteiger partial charge on any atom is -0.357 e. The number of nitrogens with two attached hydrogens (primary N) is 1. The molecular formula is C17H28N4O2S. The van der Waals surface area contributed by atoms with Crippen molar-refractivity contribution in [2.24, 2.45) is 16.0 Å². The maximum atomic E-state index is 11.4. The normalized spacial score (nSPS) is 22.2. The summed E-state index contributed by atoms with van der Waals surface area (Å²) in [7, 11) is -3.68. The van der Waals surface area contributed by atoms with E-state index in [0.717, 1.165) is 36.8 Å². The summed E-state index contributed by atoms with van der Waals surface area (Å²) >= 11 is 0. The van der Waals surface area contributed by atoms with Gasteiger partial charge >= 0.3 is 0 Å². The van der Waals surface area contributed by atoms with E-state index in [1.807, 2.05) is 13.0 Å². The molecule has 1 fully saturated rings. The third-order valence-corrected chi connectivity index (χ3v) is 5.26. The van der Waals surface area contributed by atoms with Crippen molar-refractivity contribution in [1.82, 2.24) is 10.6 Å². The second kappa shape index (κ2) is 8.48. The van der Waals surface area contributed by atoms with Gasteiger partial charge in [-0.1, -0.05) is 19.1 Å². The Hall–Kier alpha value is -1.60. The molecule has 1 aromatic rings. The van der Waals surface area contributed by atoms with Gasteiger partial charge in [0, 0.05) is 12.6 Å². The Balaban J connectivity index is 2.03. The molecule has 0 unspecified atom stereocenters. The van der Waals surface area contributed by atoms with Gasteiger partial charge in [0.2, 0.25) is 10.0 Å². The van der Waals surface area contributed by atoms with Crippen LogP contribution in [0.2, 0.25) is 0 Å². The zero-order chi connectivity index (χ0) is 17.6. The van der Waals surface area contributed by atoms with Crippen LogP contribution in [0.25, 0.3) is 0 Å². The van der Waals surface area contributed by atoms with Crippen LogP contribution in [0.4, 0.5) is 0 Å². The van der Waals surface area contributed by atoms with E-state index in [9.17, 15) is 8.42 Å². The van der Waals surface area contributed by atoms with Crippen molar-refractivity contribution in [3.63, 3.8) is 0 Å². The fraction of sp³-hybridized carbons (Fsp3) is 0.588. The third kappa shape index (κ3) is 5.79. The minimum atomic E-state index is -3.68. The maximum absolute atomic E-state index is 11.4. The Kier molecular flexibility index (Phi) is 6.62. The van der Waals surface area contributed by atoms with Crippen molar-refractivity contribution in [3.8, 4) is 0 Å². The third-order valence-electron chi connectivity index (χ3n) is 4.35. The minimum absolute atomic E-state index is 0.120. The van der Waals surface area contributed by atoms with E-state index in [2.05, 4.69) is 22.5 Å². The Morgan fingerprint density at radius 2 is 2.00 bits per heavy atom. The van der Waals surface area contributed by atoms with Gasteiger partial charge in [0.15, 0.2) is 5.96 Å². The Morgan fingerprint density at radius 3 is 2.62 bits per heavy atom. The fourth-order valence-electron chi connectivity index (χ4n) is 2.91. The van der Waals surface area contributed by atoms with Crippen LogP contribution < -0.4 is 15.8 Å². The summed E-state index contributed by atoms with van der Waals surface area (Å²) < 4.78 is 22.9. The quantitative estimate of drug-likeness (QED) is 0.557. The predicted octanol–water partition coefficient (Wildman–Crippen LogP) is 1.97. The average molecular weight is 353 g/mol. The molecule has 0 bridgehead atoms. The summed E-state index contributed by atoms with van der Waals surface area (Å²) in [4.78, 5) is 4.70. The number of hydrogen-bond acceptors (Lipinski definition) is 3. The number of aliphatic imine (C=N–C) groups is 1. The molecule has 0 saturated heterocycles. The molecule has 0 heterocycles. The van der Waals surface area contributed by atoms with Crippen LogP contribution >= 0.6 is 0 Å². The summed E-state index contributed by atoms with van der Waals surface area (Å²) in [5, 5.41) is 11.9. The number of benzene rings is 1. The first-order valence-corrected chi connectivity index (χ1v) is 10.1. The fourth-order valence-corrected chi connectivity index (χ4v) is 3.49. The summed E-state index contributed by atoms with van der Waals surface area (Å²) in [6, 6.07) is 7.06. The Labute approximate surface area is 145 Å². The Morgan fingerprint density at radius 1 is 1.29 bits per heavy atom. The van der Waals surface area contributed by atoms with E-state index in [4.69, 9.17) is 5.14 Å². The molecule has 6 nitrogen and oxygen atoms in total. The molecule has 1 aromatic carbocycles. The van der Waals surface area contributed by atoms with Gasteiger partial charge in [0.25, 0.3) is 0 Å². The van der Waals surface area contributed by atoms with Gasteiger partial charge in [-0.05, 0) is 56.2 Å². The number of hydrogen-bond donors (Lipinski definition) is 3. The number of rotatable bonds is 5. The lowest BCUT2D eigenvalue weighted by Gasteiger charge is -2.28. The van der Waals surface area contributed by atoms with Crippen molar-refractivity contribution in [1.29, 1.82) is 0 Å².